The molecule has 0 saturated heterocycles. The number of carbonyl (C=O) groups is 4. The molecule has 2 rings (SSSR count). The van der Waals surface area contributed by atoms with Crippen molar-refractivity contribution in [2.45, 2.75) is 25.9 Å². The fraction of sp³-hybridized carbons (Fsp3) is 0.273. The quantitative estimate of drug-likeness (QED) is 0.372. The molecular formula is C22H24N2O6. The van der Waals surface area contributed by atoms with Gasteiger partial charge in [-0.1, -0.05) is 30.3 Å². The number of benzene rings is 2. The zero-order chi connectivity index (χ0) is 21.9. The largest absolute Gasteiger partial charge is 0.494 e. The molecule has 0 aromatic heterocycles. The molecule has 2 N–H and O–H groups in total. The van der Waals surface area contributed by atoms with E-state index in [-0.39, 0.29) is 18.8 Å². The zero-order valence-electron chi connectivity index (χ0n) is 16.8. The molecule has 8 heteroatoms. The highest BCUT2D eigenvalue weighted by molar-refractivity contribution is 5.97. The topological polar surface area (TPSA) is 111 Å². The highest BCUT2D eigenvalue weighted by atomic mass is 16.5. The molecule has 1 atom stereocenters. The average molecular weight is 412 g/mol. The number of Topliss-reactive ketones (excluding diaryl/α,β-unsaturated/α-hetero) is 1. The summed E-state index contributed by atoms with van der Waals surface area (Å²) in [6, 6.07) is 14.4. The minimum Gasteiger partial charge on any atom is -0.494 e. The number of amides is 3. The van der Waals surface area contributed by atoms with E-state index in [1.54, 1.807) is 54.6 Å². The molecule has 2 aromatic rings. The highest BCUT2D eigenvalue weighted by Crippen LogP contribution is 2.19. The Balaban J connectivity index is 1.86. The van der Waals surface area contributed by atoms with Gasteiger partial charge in [0.25, 0.3) is 5.91 Å². The summed E-state index contributed by atoms with van der Waals surface area (Å²) in [5.41, 5.74) is 1.04. The summed E-state index contributed by atoms with van der Waals surface area (Å²) in [5, 5.41) is 4.40. The van der Waals surface area contributed by atoms with E-state index in [0.717, 1.165) is 0 Å². The van der Waals surface area contributed by atoms with Gasteiger partial charge in [-0.2, -0.15) is 0 Å². The summed E-state index contributed by atoms with van der Waals surface area (Å²) >= 11 is 0. The van der Waals surface area contributed by atoms with Crippen molar-refractivity contribution in [2.24, 2.45) is 0 Å². The van der Waals surface area contributed by atoms with Gasteiger partial charge in [0.15, 0.2) is 5.78 Å². The van der Waals surface area contributed by atoms with Gasteiger partial charge in [-0.05, 0) is 37.6 Å². The molecule has 0 aliphatic rings. The van der Waals surface area contributed by atoms with Crippen molar-refractivity contribution in [3.8, 4) is 5.75 Å². The van der Waals surface area contributed by atoms with E-state index in [4.69, 9.17) is 9.47 Å². The van der Waals surface area contributed by atoms with Crippen LogP contribution < -0.4 is 15.4 Å². The predicted molar refractivity (Wildman–Crippen MR) is 109 cm³/mol. The number of carbonyl (C=O) groups excluding carboxylic acids is 4. The van der Waals surface area contributed by atoms with E-state index in [1.807, 2.05) is 0 Å². The Labute approximate surface area is 174 Å². The number of esters is 1. The van der Waals surface area contributed by atoms with Crippen LogP contribution in [0.15, 0.2) is 54.6 Å². The third kappa shape index (κ3) is 7.05. The van der Waals surface area contributed by atoms with Crippen LogP contribution in [0, 0.1) is 0 Å². The maximum atomic E-state index is 12.3. The second-order valence-corrected chi connectivity index (χ2v) is 6.38. The number of rotatable bonds is 9. The Bertz CT molecular complexity index is 880. The van der Waals surface area contributed by atoms with Crippen LogP contribution in [0.3, 0.4) is 0 Å². The molecule has 0 aliphatic carbocycles. The van der Waals surface area contributed by atoms with Gasteiger partial charge < -0.3 is 14.8 Å². The van der Waals surface area contributed by atoms with Crippen LogP contribution in [0.4, 0.5) is 4.79 Å². The number of imide groups is 1. The van der Waals surface area contributed by atoms with Crippen molar-refractivity contribution in [1.29, 1.82) is 0 Å². The standard InChI is InChI=1S/C22H24N2O6/c1-15(25)16-10-12-18(13-11-16)29-14-6-9-19(26)30-20(17-7-4-3-5-8-17)21(27)24-22(28)23-2/h3-5,7-8,10-13,20H,6,9,14H2,1-2H3,(H2,23,24,27,28)/t20-/m1/s1. The lowest BCUT2D eigenvalue weighted by molar-refractivity contribution is -0.156. The predicted octanol–water partition coefficient (Wildman–Crippen LogP) is 2.79. The first-order valence-corrected chi connectivity index (χ1v) is 9.41. The molecule has 2 aromatic carbocycles. The fourth-order valence-corrected chi connectivity index (χ4v) is 2.52. The van der Waals surface area contributed by atoms with Crippen LogP contribution in [-0.4, -0.2) is 37.3 Å². The van der Waals surface area contributed by atoms with Gasteiger partial charge in [-0.15, -0.1) is 0 Å². The fourth-order valence-electron chi connectivity index (χ4n) is 2.52. The maximum Gasteiger partial charge on any atom is 0.321 e. The SMILES string of the molecule is CNC(=O)NC(=O)[C@H](OC(=O)CCCOc1ccc(C(C)=O)cc1)c1ccccc1. The van der Waals surface area contributed by atoms with Crippen molar-refractivity contribution in [3.05, 3.63) is 65.7 Å². The summed E-state index contributed by atoms with van der Waals surface area (Å²) in [6.07, 6.45) is -0.843. The lowest BCUT2D eigenvalue weighted by Crippen LogP contribution is -2.41. The van der Waals surface area contributed by atoms with Crippen LogP contribution in [0.1, 0.15) is 41.8 Å². The molecule has 0 saturated carbocycles. The molecular weight excluding hydrogens is 388 g/mol. The van der Waals surface area contributed by atoms with Gasteiger partial charge in [0.1, 0.15) is 5.75 Å². The van der Waals surface area contributed by atoms with Gasteiger partial charge in [0.05, 0.1) is 6.61 Å². The van der Waals surface area contributed by atoms with Crippen molar-refractivity contribution < 1.29 is 28.7 Å². The minimum atomic E-state index is -1.24. The molecule has 0 aliphatic heterocycles. The highest BCUT2D eigenvalue weighted by Gasteiger charge is 2.26. The van der Waals surface area contributed by atoms with Gasteiger partial charge in [-0.25, -0.2) is 4.79 Å². The number of ketones is 1. The second-order valence-electron chi connectivity index (χ2n) is 6.38. The molecule has 0 unspecified atom stereocenters. The third-order valence-corrected chi connectivity index (χ3v) is 4.11. The Morgan fingerprint density at radius 2 is 1.63 bits per heavy atom. The molecule has 158 valence electrons. The summed E-state index contributed by atoms with van der Waals surface area (Å²) in [4.78, 5) is 47.3. The van der Waals surface area contributed by atoms with Crippen LogP contribution in [0.25, 0.3) is 0 Å². The van der Waals surface area contributed by atoms with Gasteiger partial charge in [0, 0.05) is 24.6 Å². The number of hydrogen-bond donors (Lipinski definition) is 2. The summed E-state index contributed by atoms with van der Waals surface area (Å²) in [5.74, 6) is -0.777. The van der Waals surface area contributed by atoms with Crippen molar-refractivity contribution in [3.63, 3.8) is 0 Å². The van der Waals surface area contributed by atoms with Crippen LogP contribution in [0.2, 0.25) is 0 Å². The molecule has 3 amide bonds. The van der Waals surface area contributed by atoms with Gasteiger partial charge in [0.2, 0.25) is 6.10 Å². The van der Waals surface area contributed by atoms with Crippen molar-refractivity contribution >= 4 is 23.7 Å². The maximum absolute atomic E-state index is 12.3. The molecule has 0 fully saturated rings. The first-order chi connectivity index (χ1) is 14.4. The van der Waals surface area contributed by atoms with Crippen LogP contribution in [0.5, 0.6) is 5.75 Å². The number of nitrogens with one attached hydrogen (secondary N) is 2. The molecule has 0 spiro atoms. The Hall–Kier alpha value is -3.68. The molecule has 8 nitrogen and oxygen atoms in total. The van der Waals surface area contributed by atoms with E-state index in [1.165, 1.54) is 14.0 Å². The normalized spacial score (nSPS) is 11.1. The third-order valence-electron chi connectivity index (χ3n) is 4.11. The van der Waals surface area contributed by atoms with E-state index in [0.29, 0.717) is 23.3 Å². The zero-order valence-corrected chi connectivity index (χ0v) is 16.8. The summed E-state index contributed by atoms with van der Waals surface area (Å²) in [7, 11) is 1.37. The van der Waals surface area contributed by atoms with Crippen molar-refractivity contribution in [1.82, 2.24) is 10.6 Å². The van der Waals surface area contributed by atoms with Gasteiger partial charge >= 0.3 is 12.0 Å². The second kappa shape index (κ2) is 11.4. The average Bonchev–Trinajstić information content (AvgIpc) is 2.75. The minimum absolute atomic E-state index is 0.0299. The van der Waals surface area contributed by atoms with E-state index in [2.05, 4.69) is 10.6 Å². The lowest BCUT2D eigenvalue weighted by atomic mass is 10.1. The first-order valence-electron chi connectivity index (χ1n) is 9.41. The Morgan fingerprint density at radius 1 is 0.967 bits per heavy atom. The monoisotopic (exact) mass is 412 g/mol. The Morgan fingerprint density at radius 3 is 2.23 bits per heavy atom. The molecule has 0 heterocycles. The molecule has 0 bridgehead atoms. The molecule has 30 heavy (non-hydrogen) atoms. The first kappa shape index (κ1) is 22.6. The van der Waals surface area contributed by atoms with Crippen LogP contribution in [-0.2, 0) is 14.3 Å². The number of ether oxygens (including phenoxy) is 2. The lowest BCUT2D eigenvalue weighted by Gasteiger charge is -2.17. The molecule has 0 radical (unpaired) electrons. The Kier molecular flexibility index (Phi) is 8.56. The smallest absolute Gasteiger partial charge is 0.321 e. The van der Waals surface area contributed by atoms with E-state index >= 15 is 0 Å². The van der Waals surface area contributed by atoms with Gasteiger partial charge in [-0.3, -0.25) is 19.7 Å². The van der Waals surface area contributed by atoms with E-state index < -0.39 is 24.0 Å². The van der Waals surface area contributed by atoms with Crippen LogP contribution >= 0.6 is 0 Å². The summed E-state index contributed by atoms with van der Waals surface area (Å²) in [6.45, 7) is 1.74. The van der Waals surface area contributed by atoms with Crippen molar-refractivity contribution in [2.75, 3.05) is 13.7 Å². The number of hydrogen-bond acceptors (Lipinski definition) is 6. The summed E-state index contributed by atoms with van der Waals surface area (Å²) < 4.78 is 10.9. The number of urea groups is 1. The van der Waals surface area contributed by atoms with E-state index in [9.17, 15) is 19.2 Å².